The molecule has 0 radical (unpaired) electrons. The lowest BCUT2D eigenvalue weighted by Crippen LogP contribution is -2.28. The maximum atomic E-state index is 12.7. The maximum Gasteiger partial charge on any atom is 0.241 e. The van der Waals surface area contributed by atoms with E-state index in [1.54, 1.807) is 26.2 Å². The molecule has 1 atom stereocenters. The average Bonchev–Trinajstić information content (AvgIpc) is 2.52. The lowest BCUT2D eigenvalue weighted by molar-refractivity contribution is 0.414. The van der Waals surface area contributed by atoms with Gasteiger partial charge in [0.15, 0.2) is 0 Å². The van der Waals surface area contributed by atoms with E-state index < -0.39 is 10.0 Å². The first-order chi connectivity index (χ1) is 10.9. The van der Waals surface area contributed by atoms with Crippen molar-refractivity contribution in [2.45, 2.75) is 31.2 Å². The van der Waals surface area contributed by atoms with E-state index in [0.29, 0.717) is 17.0 Å². The molecule has 2 aromatic carbocycles. The van der Waals surface area contributed by atoms with Crippen LogP contribution >= 0.6 is 11.6 Å². The van der Waals surface area contributed by atoms with Crippen molar-refractivity contribution in [3.05, 3.63) is 58.6 Å². The molecule has 1 unspecified atom stereocenters. The highest BCUT2D eigenvalue weighted by atomic mass is 35.5. The number of hydrogen-bond acceptors (Lipinski definition) is 3. The van der Waals surface area contributed by atoms with Gasteiger partial charge >= 0.3 is 0 Å². The summed E-state index contributed by atoms with van der Waals surface area (Å²) >= 11 is 5.90. The largest absolute Gasteiger partial charge is 0.497 e. The van der Waals surface area contributed by atoms with Crippen molar-refractivity contribution in [3.8, 4) is 5.75 Å². The predicted octanol–water partition coefficient (Wildman–Crippen LogP) is 4.09. The van der Waals surface area contributed by atoms with Crippen LogP contribution in [0.1, 0.15) is 30.5 Å². The van der Waals surface area contributed by atoms with Crippen molar-refractivity contribution in [3.63, 3.8) is 0 Å². The van der Waals surface area contributed by atoms with Crippen molar-refractivity contribution in [1.82, 2.24) is 4.72 Å². The molecule has 0 amide bonds. The van der Waals surface area contributed by atoms with Crippen molar-refractivity contribution >= 4 is 21.6 Å². The second-order valence-corrected chi connectivity index (χ2v) is 7.38. The van der Waals surface area contributed by atoms with Crippen molar-refractivity contribution in [2.24, 2.45) is 0 Å². The average molecular weight is 354 g/mol. The van der Waals surface area contributed by atoms with Gasteiger partial charge in [-0.15, -0.1) is 0 Å². The lowest BCUT2D eigenvalue weighted by atomic mass is 10.1. The molecule has 124 valence electrons. The highest BCUT2D eigenvalue weighted by Gasteiger charge is 2.22. The Morgan fingerprint density at radius 3 is 2.35 bits per heavy atom. The van der Waals surface area contributed by atoms with Crippen LogP contribution < -0.4 is 9.46 Å². The van der Waals surface area contributed by atoms with Crippen LogP contribution in [0.25, 0.3) is 0 Å². The molecule has 0 saturated heterocycles. The van der Waals surface area contributed by atoms with Gasteiger partial charge in [0.2, 0.25) is 10.0 Å². The van der Waals surface area contributed by atoms with Gasteiger partial charge in [-0.2, -0.15) is 0 Å². The minimum atomic E-state index is -3.62. The van der Waals surface area contributed by atoms with E-state index in [1.807, 2.05) is 31.2 Å². The number of sulfonamides is 1. The van der Waals surface area contributed by atoms with Crippen LogP contribution in [0.5, 0.6) is 5.75 Å². The van der Waals surface area contributed by atoms with Crippen LogP contribution in [0.4, 0.5) is 0 Å². The number of ether oxygens (including phenoxy) is 1. The Morgan fingerprint density at radius 2 is 1.83 bits per heavy atom. The van der Waals surface area contributed by atoms with Gasteiger partial charge in [-0.3, -0.25) is 0 Å². The van der Waals surface area contributed by atoms with Crippen LogP contribution in [-0.2, 0) is 10.0 Å². The van der Waals surface area contributed by atoms with Gasteiger partial charge in [-0.05, 0) is 54.8 Å². The molecule has 0 heterocycles. The van der Waals surface area contributed by atoms with Crippen molar-refractivity contribution in [2.75, 3.05) is 7.11 Å². The molecule has 0 aliphatic heterocycles. The Bertz CT molecular complexity index is 773. The van der Waals surface area contributed by atoms with Crippen LogP contribution in [0.3, 0.4) is 0 Å². The zero-order valence-electron chi connectivity index (χ0n) is 13.3. The summed E-state index contributed by atoms with van der Waals surface area (Å²) in [5.74, 6) is 0.736. The first kappa shape index (κ1) is 17.8. The first-order valence-corrected chi connectivity index (χ1v) is 9.16. The molecule has 2 aromatic rings. The molecule has 2 rings (SSSR count). The summed E-state index contributed by atoms with van der Waals surface area (Å²) in [6.45, 7) is 3.67. The molecule has 0 fully saturated rings. The number of rotatable bonds is 6. The predicted molar refractivity (Wildman–Crippen MR) is 92.5 cm³/mol. The number of benzene rings is 2. The first-order valence-electron chi connectivity index (χ1n) is 7.30. The summed E-state index contributed by atoms with van der Waals surface area (Å²) < 4.78 is 33.2. The van der Waals surface area contributed by atoms with Gasteiger partial charge in [-0.1, -0.05) is 30.7 Å². The third-order valence-electron chi connectivity index (χ3n) is 3.65. The van der Waals surface area contributed by atoms with Gasteiger partial charge < -0.3 is 4.74 Å². The normalized spacial score (nSPS) is 12.9. The number of methoxy groups -OCH3 is 1. The van der Waals surface area contributed by atoms with Crippen LogP contribution in [0.2, 0.25) is 5.02 Å². The van der Waals surface area contributed by atoms with E-state index in [9.17, 15) is 8.42 Å². The quantitative estimate of drug-likeness (QED) is 0.851. The molecular formula is C17H20ClNO3S. The van der Waals surface area contributed by atoms with Gasteiger partial charge in [0.05, 0.1) is 12.0 Å². The molecule has 23 heavy (non-hydrogen) atoms. The Labute approximate surface area is 142 Å². The van der Waals surface area contributed by atoms with Gasteiger partial charge in [0.1, 0.15) is 5.75 Å². The van der Waals surface area contributed by atoms with Crippen LogP contribution in [0.15, 0.2) is 47.4 Å². The third-order valence-corrected chi connectivity index (χ3v) is 5.52. The zero-order chi connectivity index (χ0) is 17.0. The summed E-state index contributed by atoms with van der Waals surface area (Å²) in [6.07, 6.45) is 0.637. The molecule has 0 spiro atoms. The minimum Gasteiger partial charge on any atom is -0.497 e. The fourth-order valence-electron chi connectivity index (χ4n) is 2.39. The number of aryl methyl sites for hydroxylation is 1. The van der Waals surface area contributed by atoms with E-state index in [1.165, 1.54) is 6.07 Å². The Hall–Kier alpha value is -1.56. The highest BCUT2D eigenvalue weighted by Crippen LogP contribution is 2.25. The summed E-state index contributed by atoms with van der Waals surface area (Å²) in [5.41, 5.74) is 1.51. The van der Waals surface area contributed by atoms with Crippen molar-refractivity contribution < 1.29 is 13.2 Å². The van der Waals surface area contributed by atoms with E-state index in [2.05, 4.69) is 4.72 Å². The Morgan fingerprint density at radius 1 is 1.17 bits per heavy atom. The second-order valence-electron chi connectivity index (χ2n) is 5.27. The fraction of sp³-hybridized carbons (Fsp3) is 0.294. The SMILES string of the molecule is CCC(NS(=O)(=O)c1ccc(Cl)cc1C)c1ccc(OC)cc1. The summed E-state index contributed by atoms with van der Waals surface area (Å²) in [4.78, 5) is 0.244. The lowest BCUT2D eigenvalue weighted by Gasteiger charge is -2.19. The Kier molecular flexibility index (Phi) is 5.68. The molecule has 0 aromatic heterocycles. The van der Waals surface area contributed by atoms with E-state index in [4.69, 9.17) is 16.3 Å². The number of hydrogen-bond donors (Lipinski definition) is 1. The smallest absolute Gasteiger partial charge is 0.241 e. The zero-order valence-corrected chi connectivity index (χ0v) is 14.9. The van der Waals surface area contributed by atoms with Gasteiger partial charge in [0, 0.05) is 11.1 Å². The standard InChI is InChI=1S/C17H20ClNO3S/c1-4-16(13-5-8-15(22-3)9-6-13)19-23(20,21)17-10-7-14(18)11-12(17)2/h5-11,16,19H,4H2,1-3H3. The van der Waals surface area contributed by atoms with Crippen molar-refractivity contribution in [1.29, 1.82) is 0 Å². The summed E-state index contributed by atoms with van der Waals surface area (Å²) in [5, 5.41) is 0.517. The van der Waals surface area contributed by atoms with Gasteiger partial charge in [0.25, 0.3) is 0 Å². The Balaban J connectivity index is 2.29. The molecule has 1 N–H and O–H groups in total. The monoisotopic (exact) mass is 353 g/mol. The molecule has 0 aliphatic carbocycles. The van der Waals surface area contributed by atoms with E-state index >= 15 is 0 Å². The van der Waals surface area contributed by atoms with Crippen LogP contribution in [0, 0.1) is 6.92 Å². The molecule has 0 aliphatic rings. The van der Waals surface area contributed by atoms with Gasteiger partial charge in [-0.25, -0.2) is 13.1 Å². The molecule has 0 bridgehead atoms. The van der Waals surface area contributed by atoms with E-state index in [0.717, 1.165) is 11.3 Å². The fourth-order valence-corrected chi connectivity index (χ4v) is 4.15. The maximum absolute atomic E-state index is 12.7. The summed E-state index contributed by atoms with van der Waals surface area (Å²) in [7, 11) is -2.03. The minimum absolute atomic E-state index is 0.244. The topological polar surface area (TPSA) is 55.4 Å². The molecule has 4 nitrogen and oxygen atoms in total. The summed E-state index contributed by atoms with van der Waals surface area (Å²) in [6, 6.07) is 11.8. The molecule has 6 heteroatoms. The molecular weight excluding hydrogens is 334 g/mol. The second kappa shape index (κ2) is 7.34. The van der Waals surface area contributed by atoms with E-state index in [-0.39, 0.29) is 10.9 Å². The van der Waals surface area contributed by atoms with Crippen LogP contribution in [-0.4, -0.2) is 15.5 Å². The number of halogens is 1. The highest BCUT2D eigenvalue weighted by molar-refractivity contribution is 7.89. The third kappa shape index (κ3) is 4.25. The number of nitrogens with one attached hydrogen (secondary N) is 1. The molecule has 0 saturated carbocycles.